The lowest BCUT2D eigenvalue weighted by Crippen LogP contribution is -2.66. The third kappa shape index (κ3) is 5.31. The number of amides is 1. The fourth-order valence-corrected chi connectivity index (χ4v) is 3.54. The number of methoxy groups -OCH3 is 2. The Balaban J connectivity index is 3.00. The van der Waals surface area contributed by atoms with E-state index in [1.54, 1.807) is 7.11 Å². The molecule has 21 heavy (non-hydrogen) atoms. The lowest BCUT2D eigenvalue weighted by molar-refractivity contribution is -0.255. The van der Waals surface area contributed by atoms with Gasteiger partial charge in [-0.3, -0.25) is 4.79 Å². The van der Waals surface area contributed by atoms with Crippen molar-refractivity contribution in [2.24, 2.45) is 0 Å². The Labute approximate surface area is 127 Å². The van der Waals surface area contributed by atoms with E-state index in [1.807, 2.05) is 0 Å². The molecule has 7 nitrogen and oxygen atoms in total. The van der Waals surface area contributed by atoms with E-state index >= 15 is 0 Å². The highest BCUT2D eigenvalue weighted by Gasteiger charge is 2.48. The van der Waals surface area contributed by atoms with Crippen molar-refractivity contribution in [2.75, 3.05) is 20.8 Å². The molecule has 0 bridgehead atoms. The molecule has 1 aliphatic heterocycles. The third-order valence-electron chi connectivity index (χ3n) is 3.13. The van der Waals surface area contributed by atoms with Crippen LogP contribution < -0.4 is 5.32 Å². The first-order chi connectivity index (χ1) is 9.69. The van der Waals surface area contributed by atoms with E-state index in [0.29, 0.717) is 0 Å². The quantitative estimate of drug-likeness (QED) is 0.674. The van der Waals surface area contributed by atoms with Gasteiger partial charge in [-0.05, 0) is 19.6 Å². The number of hydrogen-bond acceptors (Lipinski definition) is 6. The summed E-state index contributed by atoms with van der Waals surface area (Å²) >= 11 is 0. The molecule has 1 saturated heterocycles. The molecule has 0 unspecified atom stereocenters. The molecule has 1 fully saturated rings. The molecule has 0 radical (unpaired) electrons. The van der Waals surface area contributed by atoms with Crippen molar-refractivity contribution in [3.63, 3.8) is 0 Å². The van der Waals surface area contributed by atoms with Crippen molar-refractivity contribution in [1.82, 2.24) is 5.32 Å². The number of carbonyl (C=O) groups excluding carboxylic acids is 1. The zero-order valence-corrected chi connectivity index (χ0v) is 14.6. The lowest BCUT2D eigenvalue weighted by atomic mass is 9.96. The number of rotatable bonds is 6. The van der Waals surface area contributed by atoms with E-state index in [1.165, 1.54) is 14.0 Å². The highest BCUT2D eigenvalue weighted by atomic mass is 28.4. The molecule has 8 heteroatoms. The van der Waals surface area contributed by atoms with Crippen LogP contribution in [0.25, 0.3) is 0 Å². The van der Waals surface area contributed by atoms with Gasteiger partial charge in [-0.15, -0.1) is 0 Å². The minimum Gasteiger partial charge on any atom is -0.409 e. The minimum absolute atomic E-state index is 0.262. The summed E-state index contributed by atoms with van der Waals surface area (Å²) in [6.07, 6.45) is -2.54. The largest absolute Gasteiger partial charge is 0.409 e. The van der Waals surface area contributed by atoms with Crippen LogP contribution in [0.5, 0.6) is 0 Å². The van der Waals surface area contributed by atoms with E-state index < -0.39 is 39.0 Å². The predicted octanol–water partition coefficient (Wildman–Crippen LogP) is 0.0898. The zero-order valence-electron chi connectivity index (χ0n) is 13.6. The standard InChI is InChI=1S/C13H27NO6Si/c1-8(15)14-10-12(18-3)11(20-21(4,5)6)9(7-17-2)19-13(10)16/h9-13,16H,7H2,1-6H3,(H,14,15)/t9-,10-,11+,12-,13+/m1/s1. The first-order valence-electron chi connectivity index (χ1n) is 6.99. The van der Waals surface area contributed by atoms with Gasteiger partial charge < -0.3 is 29.1 Å². The van der Waals surface area contributed by atoms with Crippen LogP contribution in [-0.2, 0) is 23.4 Å². The number of carbonyl (C=O) groups is 1. The normalized spacial score (nSPS) is 33.8. The average molecular weight is 321 g/mol. The van der Waals surface area contributed by atoms with Crippen LogP contribution in [0, 0.1) is 0 Å². The van der Waals surface area contributed by atoms with E-state index in [2.05, 4.69) is 25.0 Å². The predicted molar refractivity (Wildman–Crippen MR) is 79.4 cm³/mol. The monoisotopic (exact) mass is 321 g/mol. The molecule has 0 aromatic rings. The molecule has 0 spiro atoms. The first kappa shape index (κ1) is 18.5. The highest BCUT2D eigenvalue weighted by Crippen LogP contribution is 2.27. The highest BCUT2D eigenvalue weighted by molar-refractivity contribution is 6.69. The molecule has 1 rings (SSSR count). The lowest BCUT2D eigenvalue weighted by Gasteiger charge is -2.46. The van der Waals surface area contributed by atoms with Crippen molar-refractivity contribution in [2.45, 2.75) is 57.2 Å². The molecule has 0 aromatic heterocycles. The van der Waals surface area contributed by atoms with Crippen LogP contribution >= 0.6 is 0 Å². The molecule has 0 aliphatic carbocycles. The van der Waals surface area contributed by atoms with Gasteiger partial charge >= 0.3 is 0 Å². The van der Waals surface area contributed by atoms with E-state index in [0.717, 1.165) is 0 Å². The second kappa shape index (κ2) is 7.66. The molecule has 2 N–H and O–H groups in total. The average Bonchev–Trinajstić information content (AvgIpc) is 2.33. The number of aliphatic hydroxyl groups excluding tert-OH is 1. The summed E-state index contributed by atoms with van der Waals surface area (Å²) in [6, 6.07) is -0.679. The topological polar surface area (TPSA) is 86.2 Å². The molecular formula is C13H27NO6Si. The Kier molecular flexibility index (Phi) is 6.76. The van der Waals surface area contributed by atoms with Gasteiger partial charge in [0.2, 0.25) is 5.91 Å². The number of ether oxygens (including phenoxy) is 3. The number of hydrogen-bond donors (Lipinski definition) is 2. The Morgan fingerprint density at radius 1 is 1.29 bits per heavy atom. The van der Waals surface area contributed by atoms with E-state index in [-0.39, 0.29) is 12.5 Å². The summed E-state index contributed by atoms with van der Waals surface area (Å²) in [5.74, 6) is -0.262. The summed E-state index contributed by atoms with van der Waals surface area (Å²) in [6.45, 7) is 7.83. The second-order valence-electron chi connectivity index (χ2n) is 6.14. The second-order valence-corrected chi connectivity index (χ2v) is 10.6. The molecular weight excluding hydrogens is 294 g/mol. The maximum atomic E-state index is 11.3. The van der Waals surface area contributed by atoms with Gasteiger partial charge in [-0.1, -0.05) is 0 Å². The summed E-state index contributed by atoms with van der Waals surface area (Å²) in [5, 5.41) is 12.8. The Hall–Kier alpha value is -0.513. The van der Waals surface area contributed by atoms with Crippen LogP contribution in [0.4, 0.5) is 0 Å². The van der Waals surface area contributed by atoms with Gasteiger partial charge in [0, 0.05) is 21.1 Å². The van der Waals surface area contributed by atoms with E-state index in [9.17, 15) is 9.90 Å². The number of aliphatic hydroxyl groups is 1. The summed E-state index contributed by atoms with van der Waals surface area (Å²) < 4.78 is 22.4. The maximum Gasteiger partial charge on any atom is 0.217 e. The van der Waals surface area contributed by atoms with Crippen LogP contribution in [0.3, 0.4) is 0 Å². The third-order valence-corrected chi connectivity index (χ3v) is 4.11. The summed E-state index contributed by atoms with van der Waals surface area (Å²) in [7, 11) is 1.21. The van der Waals surface area contributed by atoms with Gasteiger partial charge in [0.25, 0.3) is 0 Å². The van der Waals surface area contributed by atoms with Crippen LogP contribution in [0.1, 0.15) is 6.92 Å². The summed E-state index contributed by atoms with van der Waals surface area (Å²) in [5.41, 5.74) is 0. The van der Waals surface area contributed by atoms with Gasteiger partial charge in [0.15, 0.2) is 14.6 Å². The summed E-state index contributed by atoms with van der Waals surface area (Å²) in [4.78, 5) is 11.3. The van der Waals surface area contributed by atoms with Crippen molar-refractivity contribution >= 4 is 14.2 Å². The maximum absolute atomic E-state index is 11.3. The van der Waals surface area contributed by atoms with Gasteiger partial charge in [0.1, 0.15) is 24.4 Å². The SMILES string of the molecule is COC[C@H]1O[C@H](O)[C@H](NC(C)=O)[C@@H](OC)[C@H]1O[Si](C)(C)C. The fourth-order valence-electron chi connectivity index (χ4n) is 2.44. The van der Waals surface area contributed by atoms with Crippen molar-refractivity contribution in [1.29, 1.82) is 0 Å². The molecule has 1 aliphatic rings. The molecule has 0 saturated carbocycles. The van der Waals surface area contributed by atoms with Gasteiger partial charge in [-0.25, -0.2) is 0 Å². The van der Waals surface area contributed by atoms with Crippen molar-refractivity contribution in [3.05, 3.63) is 0 Å². The van der Waals surface area contributed by atoms with Gasteiger partial charge in [0.05, 0.1) is 6.61 Å². The van der Waals surface area contributed by atoms with E-state index in [4.69, 9.17) is 18.6 Å². The molecule has 0 aromatic carbocycles. The smallest absolute Gasteiger partial charge is 0.217 e. The molecule has 124 valence electrons. The molecule has 5 atom stereocenters. The first-order valence-corrected chi connectivity index (χ1v) is 10.4. The van der Waals surface area contributed by atoms with Crippen LogP contribution in [-0.4, -0.2) is 70.8 Å². The Morgan fingerprint density at radius 3 is 2.33 bits per heavy atom. The molecule has 1 heterocycles. The van der Waals surface area contributed by atoms with Crippen LogP contribution in [0.15, 0.2) is 0 Å². The van der Waals surface area contributed by atoms with Crippen LogP contribution in [0.2, 0.25) is 19.6 Å². The Bertz CT molecular complexity index is 348. The Morgan fingerprint density at radius 2 is 1.90 bits per heavy atom. The minimum atomic E-state index is -1.87. The zero-order chi connectivity index (χ0) is 16.2. The fraction of sp³-hybridized carbons (Fsp3) is 0.923. The van der Waals surface area contributed by atoms with Crippen molar-refractivity contribution in [3.8, 4) is 0 Å². The molecule has 1 amide bonds. The van der Waals surface area contributed by atoms with Crippen molar-refractivity contribution < 1.29 is 28.5 Å². The van der Waals surface area contributed by atoms with Gasteiger partial charge in [-0.2, -0.15) is 0 Å². The number of nitrogens with one attached hydrogen (secondary N) is 1.